The molecule has 2 aromatic rings. The van der Waals surface area contributed by atoms with Crippen LogP contribution in [0.3, 0.4) is 0 Å². The molecule has 3 fully saturated rings. The van der Waals surface area contributed by atoms with E-state index in [-0.39, 0.29) is 11.7 Å². The Labute approximate surface area is 188 Å². The molecule has 3 heterocycles. The molecule has 8 heteroatoms. The van der Waals surface area contributed by atoms with Crippen molar-refractivity contribution in [3.8, 4) is 0 Å². The van der Waals surface area contributed by atoms with E-state index < -0.39 is 5.41 Å². The van der Waals surface area contributed by atoms with Gasteiger partial charge in [0.25, 0.3) is 0 Å². The van der Waals surface area contributed by atoms with Gasteiger partial charge in [0.15, 0.2) is 0 Å². The van der Waals surface area contributed by atoms with Gasteiger partial charge in [-0.2, -0.15) is 4.98 Å². The van der Waals surface area contributed by atoms with Crippen molar-refractivity contribution in [1.29, 1.82) is 0 Å². The van der Waals surface area contributed by atoms with E-state index in [0.29, 0.717) is 13.1 Å². The molecule has 1 aromatic carbocycles. The maximum absolute atomic E-state index is 13.3. The molecule has 1 aromatic heterocycles. The van der Waals surface area contributed by atoms with Crippen LogP contribution in [0.15, 0.2) is 30.3 Å². The topological polar surface area (TPSA) is 55.8 Å². The fourth-order valence-corrected chi connectivity index (χ4v) is 4.81. The van der Waals surface area contributed by atoms with Gasteiger partial charge in [-0.3, -0.25) is 4.79 Å². The Balaban J connectivity index is 1.25. The molecule has 1 saturated carbocycles. The van der Waals surface area contributed by atoms with E-state index in [0.717, 1.165) is 75.1 Å². The van der Waals surface area contributed by atoms with E-state index in [1.165, 1.54) is 12.1 Å². The number of anilines is 2. The SMILES string of the molecule is Cc1cc(N2CCN(C)CC2)nc(N2CCN(C(=O)C3(c4ccc(F)cc4)CC3)CC2)n1. The number of halogens is 1. The summed E-state index contributed by atoms with van der Waals surface area (Å²) >= 11 is 0. The van der Waals surface area contributed by atoms with Gasteiger partial charge in [-0.05, 0) is 44.5 Å². The first kappa shape index (κ1) is 21.1. The van der Waals surface area contributed by atoms with Crippen LogP contribution in [-0.2, 0) is 10.2 Å². The van der Waals surface area contributed by atoms with Crippen molar-refractivity contribution in [2.75, 3.05) is 69.2 Å². The lowest BCUT2D eigenvalue weighted by molar-refractivity contribution is -0.134. The van der Waals surface area contributed by atoms with E-state index in [1.807, 2.05) is 11.8 Å². The predicted octanol–water partition coefficient (Wildman–Crippen LogP) is 2.06. The Hall–Kier alpha value is -2.74. The summed E-state index contributed by atoms with van der Waals surface area (Å²) in [5.41, 5.74) is 1.45. The van der Waals surface area contributed by atoms with Crippen molar-refractivity contribution in [2.45, 2.75) is 25.2 Å². The number of piperazine rings is 2. The molecule has 5 rings (SSSR count). The molecule has 170 valence electrons. The van der Waals surface area contributed by atoms with E-state index >= 15 is 0 Å². The molecular weight excluding hydrogens is 407 g/mol. The van der Waals surface area contributed by atoms with Crippen LogP contribution in [0.5, 0.6) is 0 Å². The maximum atomic E-state index is 13.3. The Morgan fingerprint density at radius 3 is 2.16 bits per heavy atom. The van der Waals surface area contributed by atoms with Gasteiger partial charge in [0.1, 0.15) is 11.6 Å². The summed E-state index contributed by atoms with van der Waals surface area (Å²) in [4.78, 5) is 31.7. The van der Waals surface area contributed by atoms with Crippen LogP contribution in [0.2, 0.25) is 0 Å². The molecule has 2 saturated heterocycles. The predicted molar refractivity (Wildman–Crippen MR) is 123 cm³/mol. The number of nitrogens with zero attached hydrogens (tertiary/aromatic N) is 6. The Kier molecular flexibility index (Phi) is 5.49. The molecule has 0 atom stereocenters. The molecule has 0 N–H and O–H groups in total. The monoisotopic (exact) mass is 438 g/mol. The Morgan fingerprint density at radius 2 is 1.53 bits per heavy atom. The van der Waals surface area contributed by atoms with Crippen molar-refractivity contribution < 1.29 is 9.18 Å². The zero-order valence-electron chi connectivity index (χ0n) is 18.9. The summed E-state index contributed by atoms with van der Waals surface area (Å²) in [6, 6.07) is 8.49. The summed E-state index contributed by atoms with van der Waals surface area (Å²) < 4.78 is 13.3. The van der Waals surface area contributed by atoms with Crippen LogP contribution in [-0.4, -0.2) is 85.1 Å². The summed E-state index contributed by atoms with van der Waals surface area (Å²) in [6.07, 6.45) is 1.68. The van der Waals surface area contributed by atoms with Crippen molar-refractivity contribution >= 4 is 17.7 Å². The molecule has 1 aliphatic carbocycles. The standard InChI is InChI=1S/C24H31FN6O/c1-18-17-21(29-11-9-28(2)10-12-29)27-23(26-18)31-15-13-30(14-16-31)22(32)24(7-8-24)19-3-5-20(25)6-4-19/h3-6,17H,7-16H2,1-2H3. The Bertz CT molecular complexity index is 976. The average Bonchev–Trinajstić information content (AvgIpc) is 3.61. The number of hydrogen-bond acceptors (Lipinski definition) is 6. The number of carbonyl (C=O) groups excluding carboxylic acids is 1. The fraction of sp³-hybridized carbons (Fsp3) is 0.542. The second-order valence-electron chi connectivity index (χ2n) is 9.33. The van der Waals surface area contributed by atoms with Crippen molar-refractivity contribution in [2.24, 2.45) is 0 Å². The van der Waals surface area contributed by atoms with Crippen LogP contribution >= 0.6 is 0 Å². The smallest absolute Gasteiger partial charge is 0.233 e. The van der Waals surface area contributed by atoms with E-state index in [4.69, 9.17) is 9.97 Å². The number of likely N-dealkylation sites (N-methyl/N-ethyl adjacent to an activating group) is 1. The molecule has 0 radical (unpaired) electrons. The van der Waals surface area contributed by atoms with Crippen LogP contribution in [0, 0.1) is 12.7 Å². The molecular formula is C24H31FN6O. The largest absolute Gasteiger partial charge is 0.354 e. The van der Waals surface area contributed by atoms with Crippen LogP contribution in [0.1, 0.15) is 24.1 Å². The highest BCUT2D eigenvalue weighted by Gasteiger charge is 2.53. The number of rotatable bonds is 4. The number of benzene rings is 1. The highest BCUT2D eigenvalue weighted by molar-refractivity contribution is 5.91. The van der Waals surface area contributed by atoms with Crippen molar-refractivity contribution in [1.82, 2.24) is 19.8 Å². The van der Waals surface area contributed by atoms with E-state index in [9.17, 15) is 9.18 Å². The zero-order chi connectivity index (χ0) is 22.3. The molecule has 3 aliphatic rings. The van der Waals surface area contributed by atoms with Gasteiger partial charge in [0, 0.05) is 64.1 Å². The lowest BCUT2D eigenvalue weighted by Crippen LogP contribution is -2.52. The molecule has 2 aliphatic heterocycles. The minimum atomic E-state index is -0.454. The van der Waals surface area contributed by atoms with Gasteiger partial charge in [-0.25, -0.2) is 9.37 Å². The summed E-state index contributed by atoms with van der Waals surface area (Å²) in [5.74, 6) is 1.66. The normalized spacial score (nSPS) is 21.0. The van der Waals surface area contributed by atoms with Gasteiger partial charge in [-0.1, -0.05) is 12.1 Å². The van der Waals surface area contributed by atoms with Gasteiger partial charge in [0.2, 0.25) is 11.9 Å². The quantitative estimate of drug-likeness (QED) is 0.729. The van der Waals surface area contributed by atoms with Gasteiger partial charge >= 0.3 is 0 Å². The maximum Gasteiger partial charge on any atom is 0.233 e. The first-order valence-electron chi connectivity index (χ1n) is 11.5. The van der Waals surface area contributed by atoms with Crippen LogP contribution in [0.25, 0.3) is 0 Å². The lowest BCUT2D eigenvalue weighted by Gasteiger charge is -2.37. The number of aryl methyl sites for hydroxylation is 1. The fourth-order valence-electron chi connectivity index (χ4n) is 4.81. The minimum absolute atomic E-state index is 0.173. The number of aromatic nitrogens is 2. The summed E-state index contributed by atoms with van der Waals surface area (Å²) in [7, 11) is 2.15. The van der Waals surface area contributed by atoms with Crippen LogP contribution < -0.4 is 9.80 Å². The zero-order valence-corrected chi connectivity index (χ0v) is 18.9. The van der Waals surface area contributed by atoms with Gasteiger partial charge in [-0.15, -0.1) is 0 Å². The minimum Gasteiger partial charge on any atom is -0.354 e. The van der Waals surface area contributed by atoms with Gasteiger partial charge in [0.05, 0.1) is 5.41 Å². The molecule has 0 spiro atoms. The molecule has 0 unspecified atom stereocenters. The number of amides is 1. The lowest BCUT2D eigenvalue weighted by atomic mass is 9.94. The highest BCUT2D eigenvalue weighted by atomic mass is 19.1. The summed E-state index contributed by atoms with van der Waals surface area (Å²) in [6.45, 7) is 8.79. The third-order valence-electron chi connectivity index (χ3n) is 7.06. The molecule has 32 heavy (non-hydrogen) atoms. The van der Waals surface area contributed by atoms with Crippen LogP contribution in [0.4, 0.5) is 16.2 Å². The molecule has 0 bridgehead atoms. The third-order valence-corrected chi connectivity index (χ3v) is 7.06. The first-order valence-corrected chi connectivity index (χ1v) is 11.5. The number of hydrogen-bond donors (Lipinski definition) is 0. The first-order chi connectivity index (χ1) is 15.4. The van der Waals surface area contributed by atoms with Crippen molar-refractivity contribution in [3.63, 3.8) is 0 Å². The molecule has 7 nitrogen and oxygen atoms in total. The third kappa shape index (κ3) is 4.03. The van der Waals surface area contributed by atoms with Gasteiger partial charge < -0.3 is 19.6 Å². The highest BCUT2D eigenvalue weighted by Crippen LogP contribution is 2.49. The number of carbonyl (C=O) groups is 1. The average molecular weight is 439 g/mol. The second-order valence-corrected chi connectivity index (χ2v) is 9.33. The van der Waals surface area contributed by atoms with E-state index in [1.54, 1.807) is 12.1 Å². The molecule has 1 amide bonds. The second kappa shape index (κ2) is 8.31. The summed E-state index contributed by atoms with van der Waals surface area (Å²) in [5, 5.41) is 0. The van der Waals surface area contributed by atoms with Crippen molar-refractivity contribution in [3.05, 3.63) is 47.4 Å². The van der Waals surface area contributed by atoms with E-state index in [2.05, 4.69) is 27.8 Å². The Morgan fingerprint density at radius 1 is 0.906 bits per heavy atom.